The molecule has 17 heavy (non-hydrogen) atoms. The molecule has 98 valence electrons. The van der Waals surface area contributed by atoms with Gasteiger partial charge in [-0.1, -0.05) is 33.6 Å². The minimum atomic E-state index is 0.437. The average molecular weight is 237 g/mol. The van der Waals surface area contributed by atoms with E-state index in [0.717, 1.165) is 12.3 Å². The van der Waals surface area contributed by atoms with Crippen molar-refractivity contribution in [3.05, 3.63) is 17.5 Å². The van der Waals surface area contributed by atoms with Crippen molar-refractivity contribution in [1.29, 1.82) is 0 Å². The highest BCUT2D eigenvalue weighted by molar-refractivity contribution is 5.14. The fourth-order valence-electron chi connectivity index (χ4n) is 2.21. The molecule has 1 heterocycles. The Kier molecular flexibility index (Phi) is 5.69. The summed E-state index contributed by atoms with van der Waals surface area (Å²) in [4.78, 5) is 0. The lowest BCUT2D eigenvalue weighted by Gasteiger charge is -2.16. The van der Waals surface area contributed by atoms with Gasteiger partial charge in [0.1, 0.15) is 0 Å². The Morgan fingerprint density at radius 1 is 1.35 bits per heavy atom. The summed E-state index contributed by atoms with van der Waals surface area (Å²) in [7, 11) is 4.08. The van der Waals surface area contributed by atoms with Crippen molar-refractivity contribution in [2.45, 2.75) is 52.5 Å². The van der Waals surface area contributed by atoms with Gasteiger partial charge in [0, 0.05) is 13.1 Å². The monoisotopic (exact) mass is 237 g/mol. The van der Waals surface area contributed by atoms with Gasteiger partial charge in [-0.25, -0.2) is 0 Å². The van der Waals surface area contributed by atoms with Crippen molar-refractivity contribution in [2.24, 2.45) is 13.0 Å². The third-order valence-corrected chi connectivity index (χ3v) is 3.31. The van der Waals surface area contributed by atoms with Crippen LogP contribution in [0, 0.1) is 5.92 Å². The summed E-state index contributed by atoms with van der Waals surface area (Å²) < 4.78 is 2.02. The summed E-state index contributed by atoms with van der Waals surface area (Å²) >= 11 is 0. The molecule has 0 aromatic carbocycles. The maximum Gasteiger partial charge on any atom is 0.0625 e. The standard InChI is InChI=1S/C14H27N3/c1-6-12-10-14(17(5)16-12)13(15-4)9-7-8-11(2)3/h10-11,13,15H,6-9H2,1-5H3. The highest BCUT2D eigenvalue weighted by Crippen LogP contribution is 2.21. The Hall–Kier alpha value is -0.830. The molecule has 0 aliphatic carbocycles. The lowest BCUT2D eigenvalue weighted by Crippen LogP contribution is -2.19. The van der Waals surface area contributed by atoms with E-state index in [9.17, 15) is 0 Å². The average Bonchev–Trinajstić information content (AvgIpc) is 2.66. The van der Waals surface area contributed by atoms with Crippen LogP contribution in [0.1, 0.15) is 57.5 Å². The Morgan fingerprint density at radius 3 is 2.53 bits per heavy atom. The molecule has 0 aliphatic heterocycles. The van der Waals surface area contributed by atoms with E-state index in [1.165, 1.54) is 30.7 Å². The first-order valence-electron chi connectivity index (χ1n) is 6.78. The predicted octanol–water partition coefficient (Wildman–Crippen LogP) is 3.07. The molecular weight excluding hydrogens is 210 g/mol. The first kappa shape index (κ1) is 14.2. The summed E-state index contributed by atoms with van der Waals surface area (Å²) in [6.45, 7) is 6.72. The van der Waals surface area contributed by atoms with Crippen molar-refractivity contribution in [2.75, 3.05) is 7.05 Å². The van der Waals surface area contributed by atoms with Crippen LogP contribution >= 0.6 is 0 Å². The second kappa shape index (κ2) is 6.80. The minimum Gasteiger partial charge on any atom is -0.312 e. The van der Waals surface area contributed by atoms with Gasteiger partial charge >= 0.3 is 0 Å². The van der Waals surface area contributed by atoms with Gasteiger partial charge in [0.05, 0.1) is 11.4 Å². The normalized spacial score (nSPS) is 13.3. The summed E-state index contributed by atoms with van der Waals surface area (Å²) in [5.74, 6) is 0.797. The third kappa shape index (κ3) is 4.15. The van der Waals surface area contributed by atoms with Crippen LogP contribution in [-0.2, 0) is 13.5 Å². The van der Waals surface area contributed by atoms with Gasteiger partial charge in [-0.05, 0) is 31.9 Å². The second-order valence-electron chi connectivity index (χ2n) is 5.20. The van der Waals surface area contributed by atoms with Gasteiger partial charge in [-0.3, -0.25) is 4.68 Å². The van der Waals surface area contributed by atoms with Gasteiger partial charge in [0.2, 0.25) is 0 Å². The number of hydrogen-bond acceptors (Lipinski definition) is 2. The van der Waals surface area contributed by atoms with E-state index < -0.39 is 0 Å². The van der Waals surface area contributed by atoms with Gasteiger partial charge in [-0.2, -0.15) is 5.10 Å². The molecule has 1 atom stereocenters. The van der Waals surface area contributed by atoms with Crippen molar-refractivity contribution in [3.63, 3.8) is 0 Å². The quantitative estimate of drug-likeness (QED) is 0.790. The highest BCUT2D eigenvalue weighted by Gasteiger charge is 2.14. The SMILES string of the molecule is CCc1cc(C(CCCC(C)C)NC)n(C)n1. The Labute approximate surface area is 106 Å². The summed E-state index contributed by atoms with van der Waals surface area (Å²) in [6.07, 6.45) is 4.78. The van der Waals surface area contributed by atoms with Gasteiger partial charge < -0.3 is 5.32 Å². The fourth-order valence-corrected chi connectivity index (χ4v) is 2.21. The van der Waals surface area contributed by atoms with Crippen LogP contribution in [0.5, 0.6) is 0 Å². The molecule has 1 aromatic heterocycles. The number of aryl methyl sites for hydroxylation is 2. The number of rotatable bonds is 7. The Morgan fingerprint density at radius 2 is 2.06 bits per heavy atom. The van der Waals surface area contributed by atoms with Crippen molar-refractivity contribution < 1.29 is 0 Å². The van der Waals surface area contributed by atoms with Crippen molar-refractivity contribution in [1.82, 2.24) is 15.1 Å². The molecule has 0 radical (unpaired) electrons. The minimum absolute atomic E-state index is 0.437. The molecule has 0 saturated heterocycles. The molecule has 3 nitrogen and oxygen atoms in total. The number of hydrogen-bond donors (Lipinski definition) is 1. The topological polar surface area (TPSA) is 29.9 Å². The molecule has 0 bridgehead atoms. The van der Waals surface area contributed by atoms with E-state index in [4.69, 9.17) is 0 Å². The second-order valence-corrected chi connectivity index (χ2v) is 5.20. The van der Waals surface area contributed by atoms with Crippen LogP contribution < -0.4 is 5.32 Å². The Bertz CT molecular complexity index is 328. The van der Waals surface area contributed by atoms with Gasteiger partial charge in [-0.15, -0.1) is 0 Å². The first-order valence-corrected chi connectivity index (χ1v) is 6.78. The number of nitrogens with zero attached hydrogens (tertiary/aromatic N) is 2. The lowest BCUT2D eigenvalue weighted by molar-refractivity contribution is 0.451. The number of nitrogens with one attached hydrogen (secondary N) is 1. The van der Waals surface area contributed by atoms with Crippen LogP contribution in [0.15, 0.2) is 6.07 Å². The van der Waals surface area contributed by atoms with Gasteiger partial charge in [0.15, 0.2) is 0 Å². The molecule has 1 unspecified atom stereocenters. The summed E-state index contributed by atoms with van der Waals surface area (Å²) in [6, 6.07) is 2.67. The summed E-state index contributed by atoms with van der Waals surface area (Å²) in [5.41, 5.74) is 2.50. The molecule has 0 aliphatic rings. The smallest absolute Gasteiger partial charge is 0.0625 e. The molecule has 0 spiro atoms. The first-order chi connectivity index (χ1) is 8.08. The Balaban J connectivity index is 2.62. The van der Waals surface area contributed by atoms with Crippen LogP contribution in [0.3, 0.4) is 0 Å². The zero-order valence-electron chi connectivity index (χ0n) is 12.0. The zero-order valence-corrected chi connectivity index (χ0v) is 12.0. The molecular formula is C14H27N3. The van der Waals surface area contributed by atoms with Crippen molar-refractivity contribution >= 4 is 0 Å². The van der Waals surface area contributed by atoms with E-state index >= 15 is 0 Å². The largest absolute Gasteiger partial charge is 0.312 e. The summed E-state index contributed by atoms with van der Waals surface area (Å²) in [5, 5.41) is 7.93. The van der Waals surface area contributed by atoms with Crippen LogP contribution in [0.4, 0.5) is 0 Å². The fraction of sp³-hybridized carbons (Fsp3) is 0.786. The van der Waals surface area contributed by atoms with E-state index in [-0.39, 0.29) is 0 Å². The molecule has 3 heteroatoms. The molecule has 0 amide bonds. The molecule has 1 aromatic rings. The molecule has 0 fully saturated rings. The zero-order chi connectivity index (χ0) is 12.8. The van der Waals surface area contributed by atoms with Crippen LogP contribution in [0.25, 0.3) is 0 Å². The van der Waals surface area contributed by atoms with E-state index in [1.807, 2.05) is 18.8 Å². The van der Waals surface area contributed by atoms with Gasteiger partial charge in [0.25, 0.3) is 0 Å². The highest BCUT2D eigenvalue weighted by atomic mass is 15.3. The molecule has 0 saturated carbocycles. The third-order valence-electron chi connectivity index (χ3n) is 3.31. The van der Waals surface area contributed by atoms with Crippen LogP contribution in [-0.4, -0.2) is 16.8 Å². The van der Waals surface area contributed by atoms with Crippen LogP contribution in [0.2, 0.25) is 0 Å². The lowest BCUT2D eigenvalue weighted by atomic mass is 10.0. The molecule has 1 rings (SSSR count). The molecule has 1 N–H and O–H groups in total. The van der Waals surface area contributed by atoms with E-state index in [0.29, 0.717) is 6.04 Å². The van der Waals surface area contributed by atoms with E-state index in [2.05, 4.69) is 37.3 Å². The number of aromatic nitrogens is 2. The van der Waals surface area contributed by atoms with Crippen molar-refractivity contribution in [3.8, 4) is 0 Å². The predicted molar refractivity (Wildman–Crippen MR) is 73.1 cm³/mol. The van der Waals surface area contributed by atoms with E-state index in [1.54, 1.807) is 0 Å². The maximum absolute atomic E-state index is 4.52. The maximum atomic E-state index is 4.52.